The van der Waals surface area contributed by atoms with Crippen molar-refractivity contribution < 1.29 is 9.90 Å². The average Bonchev–Trinajstić information content (AvgIpc) is 3.57. The van der Waals surface area contributed by atoms with Gasteiger partial charge in [0.2, 0.25) is 0 Å². The number of carbonyl (C=O) groups is 1. The molecular weight excluding hydrogens is 514 g/mol. The van der Waals surface area contributed by atoms with Crippen LogP contribution in [0.2, 0.25) is 0 Å². The number of carboxylic acid groups (broad SMARTS) is 1. The Bertz CT molecular complexity index is 1220. The van der Waals surface area contributed by atoms with E-state index in [9.17, 15) is 9.90 Å². The number of hydrogen-bond acceptors (Lipinski definition) is 5. The van der Waals surface area contributed by atoms with Crippen LogP contribution in [0.3, 0.4) is 0 Å². The number of benzene rings is 2. The van der Waals surface area contributed by atoms with E-state index < -0.39 is 12.0 Å². The highest BCUT2D eigenvalue weighted by Crippen LogP contribution is 2.39. The summed E-state index contributed by atoms with van der Waals surface area (Å²) in [4.78, 5) is 23.7. The molecule has 0 unspecified atom stereocenters. The van der Waals surface area contributed by atoms with Crippen LogP contribution >= 0.6 is 11.3 Å². The second kappa shape index (κ2) is 13.4. The molecule has 0 saturated carbocycles. The van der Waals surface area contributed by atoms with Crippen molar-refractivity contribution in [2.45, 2.75) is 70.8 Å². The molecular formula is C34H45N3O2S. The maximum Gasteiger partial charge on any atom is 0.320 e. The van der Waals surface area contributed by atoms with Gasteiger partial charge in [-0.05, 0) is 67.7 Å². The Morgan fingerprint density at radius 3 is 2.33 bits per heavy atom. The van der Waals surface area contributed by atoms with E-state index >= 15 is 0 Å². The number of aromatic nitrogens is 1. The van der Waals surface area contributed by atoms with Crippen molar-refractivity contribution in [1.82, 2.24) is 14.8 Å². The van der Waals surface area contributed by atoms with Crippen molar-refractivity contribution >= 4 is 17.3 Å². The predicted octanol–water partition coefficient (Wildman–Crippen LogP) is 6.69. The number of likely N-dealkylation sites (tertiary alicyclic amines) is 2. The van der Waals surface area contributed by atoms with E-state index in [0.29, 0.717) is 30.1 Å². The molecule has 5 nitrogen and oxygen atoms in total. The van der Waals surface area contributed by atoms with Crippen LogP contribution in [-0.2, 0) is 17.6 Å². The monoisotopic (exact) mass is 559 g/mol. The Balaban J connectivity index is 1.24. The molecule has 0 amide bonds. The smallest absolute Gasteiger partial charge is 0.320 e. The van der Waals surface area contributed by atoms with Gasteiger partial charge in [-0.1, -0.05) is 81.4 Å². The number of rotatable bonds is 11. The first kappa shape index (κ1) is 29.0. The highest BCUT2D eigenvalue weighted by molar-refractivity contribution is 7.11. The van der Waals surface area contributed by atoms with Gasteiger partial charge in [0.1, 0.15) is 6.04 Å². The first-order valence-corrected chi connectivity index (χ1v) is 16.0. The summed E-state index contributed by atoms with van der Waals surface area (Å²) in [6.45, 7) is 11.4. The van der Waals surface area contributed by atoms with Gasteiger partial charge in [-0.3, -0.25) is 9.69 Å². The summed E-state index contributed by atoms with van der Waals surface area (Å²) < 4.78 is 0. The third-order valence-electron chi connectivity index (χ3n) is 8.87. The zero-order valence-electron chi connectivity index (χ0n) is 24.3. The lowest BCUT2D eigenvalue weighted by Gasteiger charge is -2.34. The van der Waals surface area contributed by atoms with E-state index in [1.54, 1.807) is 0 Å². The number of aryl methyl sites for hydroxylation is 1. The van der Waals surface area contributed by atoms with E-state index in [1.807, 2.05) is 11.3 Å². The van der Waals surface area contributed by atoms with Gasteiger partial charge in [-0.25, -0.2) is 4.98 Å². The molecule has 0 radical (unpaired) electrons. The average molecular weight is 560 g/mol. The first-order valence-electron chi connectivity index (χ1n) is 15.2. The van der Waals surface area contributed by atoms with Crippen LogP contribution in [0.5, 0.6) is 0 Å². The van der Waals surface area contributed by atoms with E-state index in [4.69, 9.17) is 4.98 Å². The second-order valence-corrected chi connectivity index (χ2v) is 13.3. The number of thiazole rings is 1. The van der Waals surface area contributed by atoms with E-state index in [-0.39, 0.29) is 0 Å². The zero-order valence-corrected chi connectivity index (χ0v) is 25.2. The second-order valence-electron chi connectivity index (χ2n) is 12.2. The number of nitrogens with zero attached hydrogens (tertiary/aromatic N) is 3. The molecule has 214 valence electrons. The summed E-state index contributed by atoms with van der Waals surface area (Å²) >= 11 is 1.94. The molecule has 2 aliphatic heterocycles. The molecule has 2 saturated heterocycles. The van der Waals surface area contributed by atoms with Crippen molar-refractivity contribution in [3.8, 4) is 0 Å². The molecule has 2 aromatic carbocycles. The van der Waals surface area contributed by atoms with Crippen LogP contribution in [0.1, 0.15) is 78.6 Å². The Morgan fingerprint density at radius 1 is 1.02 bits per heavy atom. The Kier molecular flexibility index (Phi) is 9.72. The fourth-order valence-corrected chi connectivity index (χ4v) is 8.18. The minimum Gasteiger partial charge on any atom is -0.480 e. The summed E-state index contributed by atoms with van der Waals surface area (Å²) in [5.74, 6) is 1.11. The molecule has 3 atom stereocenters. The minimum atomic E-state index is -0.676. The van der Waals surface area contributed by atoms with Gasteiger partial charge in [0, 0.05) is 36.9 Å². The fourth-order valence-electron chi connectivity index (χ4n) is 6.82. The van der Waals surface area contributed by atoms with Gasteiger partial charge in [0.15, 0.2) is 0 Å². The zero-order chi connectivity index (χ0) is 28.1. The van der Waals surface area contributed by atoms with Gasteiger partial charge < -0.3 is 10.0 Å². The van der Waals surface area contributed by atoms with Crippen molar-refractivity contribution in [1.29, 1.82) is 0 Å². The van der Waals surface area contributed by atoms with Crippen LogP contribution in [0.25, 0.3) is 0 Å². The lowest BCUT2D eigenvalue weighted by atomic mass is 9.87. The quantitative estimate of drug-likeness (QED) is 0.284. The maximum absolute atomic E-state index is 12.2. The third-order valence-corrected chi connectivity index (χ3v) is 10.1. The molecule has 6 heteroatoms. The van der Waals surface area contributed by atoms with Gasteiger partial charge in [-0.2, -0.15) is 0 Å². The highest BCUT2D eigenvalue weighted by atomic mass is 32.1. The lowest BCUT2D eigenvalue weighted by molar-refractivity contribution is -0.143. The van der Waals surface area contributed by atoms with Crippen LogP contribution in [-0.4, -0.2) is 64.6 Å². The Morgan fingerprint density at radius 2 is 1.70 bits per heavy atom. The predicted molar refractivity (Wildman–Crippen MR) is 164 cm³/mol. The molecule has 0 bridgehead atoms. The topological polar surface area (TPSA) is 56.7 Å². The van der Waals surface area contributed by atoms with Crippen molar-refractivity contribution in [3.63, 3.8) is 0 Å². The lowest BCUT2D eigenvalue weighted by Crippen LogP contribution is -2.42. The molecule has 2 fully saturated rings. The van der Waals surface area contributed by atoms with Crippen molar-refractivity contribution in [2.24, 2.45) is 11.8 Å². The summed E-state index contributed by atoms with van der Waals surface area (Å²) in [6.07, 6.45) is 4.98. The molecule has 1 aromatic heterocycles. The number of hydrogen-bond donors (Lipinski definition) is 1. The number of aliphatic carboxylic acids is 1. The van der Waals surface area contributed by atoms with Crippen LogP contribution in [0.15, 0.2) is 60.7 Å². The molecule has 0 spiro atoms. The molecule has 40 heavy (non-hydrogen) atoms. The van der Waals surface area contributed by atoms with E-state index in [0.717, 1.165) is 45.6 Å². The highest BCUT2D eigenvalue weighted by Gasteiger charge is 2.40. The molecule has 5 rings (SSSR count). The summed E-state index contributed by atoms with van der Waals surface area (Å²) in [5.41, 5.74) is 3.98. The third kappa shape index (κ3) is 7.02. The Labute approximate surface area is 244 Å². The normalized spacial score (nSPS) is 21.7. The number of carboxylic acids is 1. The minimum absolute atomic E-state index is 0.363. The SMILES string of the molecule is CCc1nc(Cc2ccccc2)sc1C1CCN(C[C@H]2CN([C@H](CC(C)C)C(=O)O)C[C@@H]2c2ccccc2)CC1. The van der Waals surface area contributed by atoms with Gasteiger partial charge in [0.25, 0.3) is 0 Å². The van der Waals surface area contributed by atoms with E-state index in [2.05, 4.69) is 91.2 Å². The summed E-state index contributed by atoms with van der Waals surface area (Å²) in [5, 5.41) is 11.3. The Hall–Kier alpha value is -2.54. The van der Waals surface area contributed by atoms with Gasteiger partial charge >= 0.3 is 5.97 Å². The van der Waals surface area contributed by atoms with Crippen LogP contribution < -0.4 is 0 Å². The molecule has 2 aliphatic rings. The van der Waals surface area contributed by atoms with Gasteiger partial charge in [-0.15, -0.1) is 11.3 Å². The molecule has 1 N–H and O–H groups in total. The molecule has 3 heterocycles. The van der Waals surface area contributed by atoms with Crippen LogP contribution in [0.4, 0.5) is 0 Å². The maximum atomic E-state index is 12.2. The van der Waals surface area contributed by atoms with E-state index in [1.165, 1.54) is 39.5 Å². The van der Waals surface area contributed by atoms with Gasteiger partial charge in [0.05, 0.1) is 10.7 Å². The largest absolute Gasteiger partial charge is 0.480 e. The fraction of sp³-hybridized carbons (Fsp3) is 0.529. The molecule has 0 aliphatic carbocycles. The number of piperidine rings is 1. The summed E-state index contributed by atoms with van der Waals surface area (Å²) in [7, 11) is 0. The standard InChI is InChI=1S/C34H45N3O2S/c1-4-30-33(40-32(35-30)20-25-11-7-5-8-12-25)27-15-17-36(18-16-27)21-28-22-37(31(34(38)39)19-24(2)3)23-29(28)26-13-9-6-10-14-26/h5-14,24,27-29,31H,4,15-23H2,1-3H3,(H,38,39)/t28-,29+,31+/m0/s1. The van der Waals surface area contributed by atoms with Crippen molar-refractivity contribution in [2.75, 3.05) is 32.7 Å². The first-order chi connectivity index (χ1) is 19.4. The summed E-state index contributed by atoms with van der Waals surface area (Å²) in [6, 6.07) is 21.1. The van der Waals surface area contributed by atoms with Crippen LogP contribution in [0, 0.1) is 11.8 Å². The molecule has 3 aromatic rings. The van der Waals surface area contributed by atoms with Crippen molar-refractivity contribution in [3.05, 3.63) is 87.4 Å².